The van der Waals surface area contributed by atoms with Crippen LogP contribution in [0, 0.1) is 5.92 Å². The average molecular weight is 344 g/mol. The molecule has 5 nitrogen and oxygen atoms in total. The molecule has 2 N–H and O–H groups in total. The second-order valence-corrected chi connectivity index (χ2v) is 7.00. The third-order valence-electron chi connectivity index (χ3n) is 3.78. The summed E-state index contributed by atoms with van der Waals surface area (Å²) in [6.45, 7) is 5.00. The van der Waals surface area contributed by atoms with Crippen LogP contribution in [0.1, 0.15) is 29.1 Å². The van der Waals surface area contributed by atoms with Gasteiger partial charge < -0.3 is 15.4 Å². The number of hydrogen-bond acceptors (Lipinski definition) is 4. The van der Waals surface area contributed by atoms with E-state index in [1.165, 1.54) is 11.3 Å². The summed E-state index contributed by atoms with van der Waals surface area (Å²) in [5.41, 5.74) is 2.07. The lowest BCUT2D eigenvalue weighted by Gasteiger charge is -2.16. The van der Waals surface area contributed by atoms with Crippen LogP contribution in [0.5, 0.6) is 5.75 Å². The van der Waals surface area contributed by atoms with Gasteiger partial charge in [0.25, 0.3) is 5.91 Å². The van der Waals surface area contributed by atoms with Crippen molar-refractivity contribution in [2.75, 3.05) is 13.1 Å². The Hall–Kier alpha value is -2.34. The number of amides is 2. The van der Waals surface area contributed by atoms with E-state index in [4.69, 9.17) is 4.74 Å². The van der Waals surface area contributed by atoms with Crippen molar-refractivity contribution < 1.29 is 14.3 Å². The number of ether oxygens (including phenoxy) is 1. The van der Waals surface area contributed by atoms with Gasteiger partial charge in [0.15, 0.2) is 0 Å². The summed E-state index contributed by atoms with van der Waals surface area (Å²) in [5.74, 6) is 0.676. The lowest BCUT2D eigenvalue weighted by atomic mass is 10.1. The van der Waals surface area contributed by atoms with Crippen LogP contribution >= 0.6 is 11.3 Å². The van der Waals surface area contributed by atoms with Crippen LogP contribution in [0.4, 0.5) is 0 Å². The molecule has 0 aliphatic carbocycles. The van der Waals surface area contributed by atoms with Gasteiger partial charge in [0.05, 0.1) is 4.88 Å². The number of hydrogen-bond donors (Lipinski definition) is 2. The Morgan fingerprint density at radius 1 is 1.21 bits per heavy atom. The van der Waals surface area contributed by atoms with Crippen molar-refractivity contribution in [1.82, 2.24) is 10.6 Å². The number of carbonyl (C=O) groups is 2. The highest BCUT2D eigenvalue weighted by Gasteiger charge is 2.22. The van der Waals surface area contributed by atoms with Crippen molar-refractivity contribution in [3.8, 4) is 16.2 Å². The maximum Gasteiger partial charge on any atom is 0.261 e. The lowest BCUT2D eigenvalue weighted by molar-refractivity contribution is -0.123. The first-order valence-corrected chi connectivity index (χ1v) is 8.78. The van der Waals surface area contributed by atoms with Crippen molar-refractivity contribution >= 4 is 23.2 Å². The largest absolute Gasteiger partial charge is 0.488 e. The van der Waals surface area contributed by atoms with Gasteiger partial charge in [-0.1, -0.05) is 26.0 Å². The zero-order valence-corrected chi connectivity index (χ0v) is 14.5. The first-order valence-electron chi connectivity index (χ1n) is 7.97. The van der Waals surface area contributed by atoms with Crippen LogP contribution in [-0.4, -0.2) is 24.9 Å². The minimum atomic E-state index is -0.120. The van der Waals surface area contributed by atoms with Crippen LogP contribution in [0.2, 0.25) is 0 Å². The van der Waals surface area contributed by atoms with E-state index >= 15 is 0 Å². The monoisotopic (exact) mass is 344 g/mol. The predicted octanol–water partition coefficient (Wildman–Crippen LogP) is 2.81. The van der Waals surface area contributed by atoms with E-state index in [-0.39, 0.29) is 17.7 Å². The fourth-order valence-corrected chi connectivity index (χ4v) is 3.58. The Bertz CT molecular complexity index is 767. The molecule has 2 amide bonds. The Morgan fingerprint density at radius 3 is 2.75 bits per heavy atom. The summed E-state index contributed by atoms with van der Waals surface area (Å²) in [5, 5.41) is 5.62. The molecule has 2 aromatic rings. The molecule has 1 aromatic heterocycles. The molecular weight excluding hydrogens is 324 g/mol. The minimum Gasteiger partial charge on any atom is -0.488 e. The summed E-state index contributed by atoms with van der Waals surface area (Å²) in [6.07, 6.45) is 0. The molecule has 0 saturated heterocycles. The van der Waals surface area contributed by atoms with Gasteiger partial charge in [-0.3, -0.25) is 9.59 Å². The van der Waals surface area contributed by atoms with E-state index < -0.39 is 0 Å². The normalized spacial score (nSPS) is 12.1. The summed E-state index contributed by atoms with van der Waals surface area (Å²) in [7, 11) is 0. The van der Waals surface area contributed by atoms with Crippen molar-refractivity contribution in [1.29, 1.82) is 0 Å². The number of thiophene rings is 1. The first-order chi connectivity index (χ1) is 11.6. The highest BCUT2D eigenvalue weighted by atomic mass is 32.1. The van der Waals surface area contributed by atoms with Crippen molar-refractivity contribution in [2.45, 2.75) is 20.5 Å². The van der Waals surface area contributed by atoms with E-state index in [1.807, 2.05) is 44.2 Å². The van der Waals surface area contributed by atoms with E-state index in [0.717, 1.165) is 21.8 Å². The highest BCUT2D eigenvalue weighted by molar-refractivity contribution is 7.17. The molecule has 0 saturated carbocycles. The van der Waals surface area contributed by atoms with Crippen LogP contribution in [0.25, 0.3) is 10.4 Å². The number of rotatable bonds is 5. The summed E-state index contributed by atoms with van der Waals surface area (Å²) >= 11 is 1.48. The van der Waals surface area contributed by atoms with Gasteiger partial charge in [-0.05, 0) is 18.2 Å². The van der Waals surface area contributed by atoms with Gasteiger partial charge in [0.2, 0.25) is 5.91 Å². The second kappa shape index (κ2) is 7.05. The maximum atomic E-state index is 12.3. The SMILES string of the molecule is CC(C)C(=O)NCCNC(=O)c1cc2c(s1)-c1ccccc1OC2. The molecule has 24 heavy (non-hydrogen) atoms. The Labute approximate surface area is 145 Å². The fourth-order valence-electron chi connectivity index (χ4n) is 2.46. The highest BCUT2D eigenvalue weighted by Crippen LogP contribution is 2.42. The molecule has 0 unspecified atom stereocenters. The van der Waals surface area contributed by atoms with Gasteiger partial charge in [0.1, 0.15) is 12.4 Å². The lowest BCUT2D eigenvalue weighted by Crippen LogP contribution is -2.36. The average Bonchev–Trinajstić information content (AvgIpc) is 3.03. The van der Waals surface area contributed by atoms with E-state index in [0.29, 0.717) is 24.6 Å². The smallest absolute Gasteiger partial charge is 0.261 e. The van der Waals surface area contributed by atoms with Crippen LogP contribution in [0.3, 0.4) is 0 Å². The molecule has 1 aliphatic heterocycles. The molecule has 0 bridgehead atoms. The van der Waals surface area contributed by atoms with E-state index in [9.17, 15) is 9.59 Å². The van der Waals surface area contributed by atoms with Gasteiger partial charge in [-0.25, -0.2) is 0 Å². The summed E-state index contributed by atoms with van der Waals surface area (Å²) in [6, 6.07) is 9.74. The van der Waals surface area contributed by atoms with E-state index in [2.05, 4.69) is 10.6 Å². The van der Waals surface area contributed by atoms with Gasteiger partial charge in [-0.15, -0.1) is 11.3 Å². The van der Waals surface area contributed by atoms with Crippen molar-refractivity contribution in [3.05, 3.63) is 40.8 Å². The third-order valence-corrected chi connectivity index (χ3v) is 4.99. The zero-order chi connectivity index (χ0) is 17.1. The Morgan fingerprint density at radius 2 is 1.96 bits per heavy atom. The van der Waals surface area contributed by atoms with Crippen LogP contribution < -0.4 is 15.4 Å². The van der Waals surface area contributed by atoms with Gasteiger partial charge in [0, 0.05) is 35.0 Å². The molecule has 0 fully saturated rings. The molecule has 6 heteroatoms. The molecule has 1 aliphatic rings. The Kier molecular flexibility index (Phi) is 4.85. The molecule has 0 atom stereocenters. The quantitative estimate of drug-likeness (QED) is 0.820. The molecule has 0 spiro atoms. The van der Waals surface area contributed by atoms with Crippen LogP contribution in [0.15, 0.2) is 30.3 Å². The molecule has 126 valence electrons. The van der Waals surface area contributed by atoms with Crippen molar-refractivity contribution in [2.24, 2.45) is 5.92 Å². The number of nitrogens with one attached hydrogen (secondary N) is 2. The molecular formula is C18H20N2O3S. The third kappa shape index (κ3) is 3.43. The molecule has 3 rings (SSSR count). The maximum absolute atomic E-state index is 12.3. The Balaban J connectivity index is 1.62. The molecule has 2 heterocycles. The number of benzene rings is 1. The second-order valence-electron chi connectivity index (χ2n) is 5.95. The molecule has 0 radical (unpaired) electrons. The topological polar surface area (TPSA) is 67.4 Å². The summed E-state index contributed by atoms with van der Waals surface area (Å²) in [4.78, 5) is 25.5. The van der Waals surface area contributed by atoms with Crippen LogP contribution in [-0.2, 0) is 11.4 Å². The standard InChI is InChI=1S/C18H20N2O3S/c1-11(2)17(21)19-7-8-20-18(22)15-9-12-10-23-14-6-4-3-5-13(14)16(12)24-15/h3-6,9,11H,7-8,10H2,1-2H3,(H,19,21)(H,20,22). The predicted molar refractivity (Wildman–Crippen MR) is 94.3 cm³/mol. The number of para-hydroxylation sites is 1. The summed E-state index contributed by atoms with van der Waals surface area (Å²) < 4.78 is 5.72. The molecule has 1 aromatic carbocycles. The number of fused-ring (bicyclic) bond motifs is 3. The zero-order valence-electron chi connectivity index (χ0n) is 13.7. The fraction of sp³-hybridized carbons (Fsp3) is 0.333. The number of carbonyl (C=O) groups excluding carboxylic acids is 2. The van der Waals surface area contributed by atoms with Gasteiger partial charge in [-0.2, -0.15) is 0 Å². The minimum absolute atomic E-state index is 0.00964. The first kappa shape index (κ1) is 16.5. The van der Waals surface area contributed by atoms with Gasteiger partial charge >= 0.3 is 0 Å². The van der Waals surface area contributed by atoms with Crippen molar-refractivity contribution in [3.63, 3.8) is 0 Å². The van der Waals surface area contributed by atoms with E-state index in [1.54, 1.807) is 0 Å².